The van der Waals surface area contributed by atoms with Gasteiger partial charge in [-0.25, -0.2) is 0 Å². The number of anilines is 2. The second-order valence-corrected chi connectivity index (χ2v) is 13.4. The molecule has 2 saturated heterocycles. The van der Waals surface area contributed by atoms with Crippen molar-refractivity contribution < 1.29 is 8.83 Å². The molecule has 0 aliphatic carbocycles. The second-order valence-electron chi connectivity index (χ2n) is 13.4. The zero-order valence-corrected chi connectivity index (χ0v) is 26.0. The SMILES string of the molecule is c1ccc(-c2c3oc4cc5cc(N6CCCCC6)ccc5cc4c3cc3oc4cc5cc(N6CCCCC6)ccc5cc4c23)cc1. The van der Waals surface area contributed by atoms with E-state index < -0.39 is 0 Å². The highest BCUT2D eigenvalue weighted by molar-refractivity contribution is 6.25. The topological polar surface area (TPSA) is 32.8 Å². The van der Waals surface area contributed by atoms with Crippen LogP contribution in [0.3, 0.4) is 0 Å². The molecule has 0 amide bonds. The van der Waals surface area contributed by atoms with E-state index in [9.17, 15) is 0 Å². The van der Waals surface area contributed by atoms with E-state index in [0.29, 0.717) is 0 Å². The molecule has 0 unspecified atom stereocenters. The van der Waals surface area contributed by atoms with Crippen molar-refractivity contribution in [1.29, 1.82) is 0 Å². The van der Waals surface area contributed by atoms with Crippen molar-refractivity contribution in [3.05, 3.63) is 97.1 Å². The molecule has 10 rings (SSSR count). The molecule has 0 saturated carbocycles. The molecule has 2 fully saturated rings. The average Bonchev–Trinajstić information content (AvgIpc) is 3.65. The Morgan fingerprint density at radius 2 is 1.02 bits per heavy atom. The van der Waals surface area contributed by atoms with Crippen molar-refractivity contribution in [2.75, 3.05) is 36.0 Å². The van der Waals surface area contributed by atoms with Crippen LogP contribution in [-0.4, -0.2) is 26.2 Å². The van der Waals surface area contributed by atoms with Crippen LogP contribution >= 0.6 is 0 Å². The minimum absolute atomic E-state index is 0.899. The lowest BCUT2D eigenvalue weighted by Gasteiger charge is -2.29. The van der Waals surface area contributed by atoms with Crippen LogP contribution in [0.4, 0.5) is 11.4 Å². The van der Waals surface area contributed by atoms with Crippen LogP contribution in [0.1, 0.15) is 38.5 Å². The Bertz CT molecular complexity index is 2400. The van der Waals surface area contributed by atoms with E-state index in [2.05, 4.69) is 107 Å². The number of piperidine rings is 2. The van der Waals surface area contributed by atoms with Crippen molar-refractivity contribution in [3.8, 4) is 11.1 Å². The fourth-order valence-corrected chi connectivity index (χ4v) is 8.20. The van der Waals surface area contributed by atoms with Gasteiger partial charge in [0.25, 0.3) is 0 Å². The van der Waals surface area contributed by atoms with Crippen molar-refractivity contribution in [3.63, 3.8) is 0 Å². The maximum Gasteiger partial charge on any atom is 0.144 e. The van der Waals surface area contributed by atoms with Crippen LogP contribution in [-0.2, 0) is 0 Å². The highest BCUT2D eigenvalue weighted by Gasteiger charge is 2.22. The van der Waals surface area contributed by atoms with Crippen LogP contribution in [0.15, 0.2) is 106 Å². The number of fused-ring (bicyclic) bond motifs is 8. The molecule has 0 bridgehead atoms. The standard InChI is InChI=1S/C42H36N2O2/c1-4-10-27(11-5-1)40-41-36-23-29-13-15-33(44-18-8-3-9-19-44)21-31(29)25-38(36)45-39(41)26-35-34-22-28-12-14-32(43-16-6-2-7-17-43)20-30(28)24-37(34)46-42(35)40/h1,4-5,10-15,20-26H,2-3,6-9,16-19H2. The van der Waals surface area contributed by atoms with Crippen molar-refractivity contribution in [2.45, 2.75) is 38.5 Å². The zero-order chi connectivity index (χ0) is 30.2. The van der Waals surface area contributed by atoms with Gasteiger partial charge in [-0.2, -0.15) is 0 Å². The van der Waals surface area contributed by atoms with Gasteiger partial charge in [0.05, 0.1) is 0 Å². The van der Waals surface area contributed by atoms with Crippen LogP contribution in [0, 0.1) is 0 Å². The molecule has 46 heavy (non-hydrogen) atoms. The number of hydrogen-bond donors (Lipinski definition) is 0. The van der Waals surface area contributed by atoms with Crippen molar-refractivity contribution >= 4 is 76.8 Å². The first-order chi connectivity index (χ1) is 22.8. The molecule has 4 heterocycles. The maximum atomic E-state index is 6.87. The predicted molar refractivity (Wildman–Crippen MR) is 194 cm³/mol. The van der Waals surface area contributed by atoms with Gasteiger partial charge in [0.15, 0.2) is 0 Å². The Kier molecular flexibility index (Phi) is 5.87. The lowest BCUT2D eigenvalue weighted by Crippen LogP contribution is -2.29. The van der Waals surface area contributed by atoms with Crippen LogP contribution in [0.5, 0.6) is 0 Å². The van der Waals surface area contributed by atoms with Gasteiger partial charge in [-0.15, -0.1) is 0 Å². The Balaban J connectivity index is 1.20. The third-order valence-corrected chi connectivity index (χ3v) is 10.6. The van der Waals surface area contributed by atoms with E-state index >= 15 is 0 Å². The molecule has 0 spiro atoms. The Morgan fingerprint density at radius 3 is 1.65 bits per heavy atom. The van der Waals surface area contributed by atoms with E-state index in [-0.39, 0.29) is 0 Å². The highest BCUT2D eigenvalue weighted by atomic mass is 16.3. The van der Waals surface area contributed by atoms with Crippen LogP contribution in [0.2, 0.25) is 0 Å². The van der Waals surface area contributed by atoms with E-state index in [4.69, 9.17) is 8.83 Å². The maximum absolute atomic E-state index is 6.87. The van der Waals surface area contributed by atoms with Crippen molar-refractivity contribution in [1.82, 2.24) is 0 Å². The summed E-state index contributed by atoms with van der Waals surface area (Å²) in [5, 5.41) is 9.38. The number of hydrogen-bond acceptors (Lipinski definition) is 4. The normalized spacial score (nSPS) is 16.2. The molecule has 6 aromatic carbocycles. The smallest absolute Gasteiger partial charge is 0.144 e. The summed E-state index contributed by atoms with van der Waals surface area (Å²) < 4.78 is 13.6. The molecule has 2 aliphatic rings. The van der Waals surface area contributed by atoms with Gasteiger partial charge in [-0.05, 0) is 120 Å². The summed E-state index contributed by atoms with van der Waals surface area (Å²) in [5.74, 6) is 0. The number of benzene rings is 6. The minimum Gasteiger partial charge on any atom is -0.456 e. The largest absolute Gasteiger partial charge is 0.456 e. The molecular weight excluding hydrogens is 564 g/mol. The van der Waals surface area contributed by atoms with Gasteiger partial charge in [0.1, 0.15) is 22.3 Å². The lowest BCUT2D eigenvalue weighted by atomic mass is 9.95. The van der Waals surface area contributed by atoms with E-state index in [1.54, 1.807) is 0 Å². The van der Waals surface area contributed by atoms with Crippen LogP contribution < -0.4 is 9.80 Å². The monoisotopic (exact) mass is 600 g/mol. The van der Waals surface area contributed by atoms with Gasteiger partial charge >= 0.3 is 0 Å². The summed E-state index contributed by atoms with van der Waals surface area (Å²) >= 11 is 0. The Labute approximate surface area is 267 Å². The lowest BCUT2D eigenvalue weighted by molar-refractivity contribution is 0.578. The zero-order valence-electron chi connectivity index (χ0n) is 26.0. The molecule has 8 aromatic rings. The Morgan fingerprint density at radius 1 is 0.435 bits per heavy atom. The quantitative estimate of drug-likeness (QED) is 0.202. The molecule has 2 aromatic heterocycles. The summed E-state index contributed by atoms with van der Waals surface area (Å²) in [6, 6.07) is 35.8. The molecule has 0 N–H and O–H groups in total. The molecule has 0 radical (unpaired) electrons. The average molecular weight is 601 g/mol. The number of nitrogens with zero attached hydrogens (tertiary/aromatic N) is 2. The first kappa shape index (κ1) is 26.3. The summed E-state index contributed by atoms with van der Waals surface area (Å²) in [6.07, 6.45) is 7.76. The molecule has 4 heteroatoms. The van der Waals surface area contributed by atoms with E-state index in [0.717, 1.165) is 81.2 Å². The highest BCUT2D eigenvalue weighted by Crippen LogP contribution is 2.46. The first-order valence-corrected chi connectivity index (χ1v) is 17.1. The molecule has 2 aliphatic heterocycles. The third kappa shape index (κ3) is 4.12. The summed E-state index contributed by atoms with van der Waals surface area (Å²) in [6.45, 7) is 4.56. The Hall–Kier alpha value is -4.96. The first-order valence-electron chi connectivity index (χ1n) is 17.1. The summed E-state index contributed by atoms with van der Waals surface area (Å²) in [4.78, 5) is 5.05. The van der Waals surface area contributed by atoms with E-state index in [1.165, 1.54) is 71.4 Å². The van der Waals surface area contributed by atoms with Crippen LogP contribution in [0.25, 0.3) is 76.5 Å². The predicted octanol–water partition coefficient (Wildman–Crippen LogP) is 11.4. The fraction of sp³-hybridized carbons (Fsp3) is 0.238. The third-order valence-electron chi connectivity index (χ3n) is 10.6. The molecular formula is C42H36N2O2. The molecule has 0 atom stereocenters. The number of rotatable bonds is 3. The van der Waals surface area contributed by atoms with Gasteiger partial charge in [-0.3, -0.25) is 0 Å². The van der Waals surface area contributed by atoms with Gasteiger partial charge < -0.3 is 18.6 Å². The molecule has 4 nitrogen and oxygen atoms in total. The fourth-order valence-electron chi connectivity index (χ4n) is 8.20. The second kappa shape index (κ2) is 10.3. The van der Waals surface area contributed by atoms with Gasteiger partial charge in [0.2, 0.25) is 0 Å². The number of furan rings is 2. The van der Waals surface area contributed by atoms with Gasteiger partial charge in [0, 0.05) is 64.7 Å². The minimum atomic E-state index is 0.899. The van der Waals surface area contributed by atoms with Gasteiger partial charge in [-0.1, -0.05) is 42.5 Å². The van der Waals surface area contributed by atoms with Crippen molar-refractivity contribution in [2.24, 2.45) is 0 Å². The van der Waals surface area contributed by atoms with E-state index in [1.807, 2.05) is 0 Å². The summed E-state index contributed by atoms with van der Waals surface area (Å²) in [7, 11) is 0. The summed E-state index contributed by atoms with van der Waals surface area (Å²) in [5.41, 5.74) is 8.52. The molecule has 226 valence electrons.